The molecule has 0 saturated heterocycles. The number of nitrogens with zero attached hydrogens (tertiary/aromatic N) is 2. The van der Waals surface area contributed by atoms with Gasteiger partial charge >= 0.3 is 0 Å². The van der Waals surface area contributed by atoms with Gasteiger partial charge in [-0.3, -0.25) is 14.2 Å². The van der Waals surface area contributed by atoms with Gasteiger partial charge in [0.1, 0.15) is 10.6 Å². The Morgan fingerprint density at radius 3 is 3.11 bits per heavy atom. The number of aryl methyl sites for hydroxylation is 1. The number of nitrogens with one attached hydrogen (secondary N) is 1. The summed E-state index contributed by atoms with van der Waals surface area (Å²) in [7, 11) is 0. The highest BCUT2D eigenvalue weighted by Crippen LogP contribution is 2.36. The van der Waals surface area contributed by atoms with E-state index < -0.39 is 0 Å². The monoisotopic (exact) mass is 417 g/mol. The van der Waals surface area contributed by atoms with Crippen LogP contribution in [-0.4, -0.2) is 21.2 Å². The lowest BCUT2D eigenvalue weighted by Crippen LogP contribution is -2.26. The Kier molecular flexibility index (Phi) is 5.59. The molecule has 0 spiro atoms. The van der Waals surface area contributed by atoms with Gasteiger partial charge in [-0.15, -0.1) is 11.3 Å². The van der Waals surface area contributed by atoms with E-state index >= 15 is 0 Å². The summed E-state index contributed by atoms with van der Waals surface area (Å²) in [5, 5.41) is 4.23. The average Bonchev–Trinajstić information content (AvgIpc) is 3.31. The molecule has 3 aromatic rings. The maximum absolute atomic E-state index is 13.1. The van der Waals surface area contributed by atoms with Gasteiger partial charge in [0, 0.05) is 11.4 Å². The van der Waals surface area contributed by atoms with Crippen molar-refractivity contribution in [2.45, 2.75) is 51.4 Å². The molecule has 1 amide bonds. The van der Waals surface area contributed by atoms with Crippen molar-refractivity contribution in [2.24, 2.45) is 5.92 Å². The minimum Gasteiger partial charge on any atom is -0.467 e. The van der Waals surface area contributed by atoms with E-state index in [2.05, 4.69) is 12.2 Å². The Balaban J connectivity index is 1.55. The number of fused-ring (bicyclic) bond motifs is 3. The summed E-state index contributed by atoms with van der Waals surface area (Å²) in [6.45, 7) is 5.10. The first kappa shape index (κ1) is 19.3. The fourth-order valence-electron chi connectivity index (χ4n) is 3.57. The van der Waals surface area contributed by atoms with E-state index in [0.717, 1.165) is 29.5 Å². The van der Waals surface area contributed by atoms with Crippen molar-refractivity contribution in [3.05, 3.63) is 45.0 Å². The number of thiophene rings is 1. The van der Waals surface area contributed by atoms with Gasteiger partial charge in [-0.25, -0.2) is 4.98 Å². The number of thioether (sulfide) groups is 1. The zero-order valence-electron chi connectivity index (χ0n) is 16.0. The molecule has 0 fully saturated rings. The molecule has 4 rings (SSSR count). The SMILES string of the molecule is CCn1c(SCC(=O)NCc2ccco2)nc2sc3c(c2c1=O)CCC(C)C3. The second-order valence-corrected chi connectivity index (χ2v) is 9.15. The van der Waals surface area contributed by atoms with Crippen molar-refractivity contribution in [3.8, 4) is 0 Å². The Hall–Kier alpha value is -2.06. The molecule has 0 radical (unpaired) electrons. The molecule has 3 aromatic heterocycles. The molecule has 1 unspecified atom stereocenters. The number of rotatable bonds is 6. The van der Waals surface area contributed by atoms with Gasteiger partial charge in [-0.05, 0) is 49.8 Å². The molecule has 1 aliphatic carbocycles. The molecule has 1 atom stereocenters. The summed E-state index contributed by atoms with van der Waals surface area (Å²) in [5.41, 5.74) is 1.23. The summed E-state index contributed by atoms with van der Waals surface area (Å²) in [5.74, 6) is 1.46. The topological polar surface area (TPSA) is 77.1 Å². The van der Waals surface area contributed by atoms with Crippen LogP contribution in [0.1, 0.15) is 36.5 Å². The van der Waals surface area contributed by atoms with Crippen LogP contribution in [0, 0.1) is 5.92 Å². The molecule has 0 aliphatic heterocycles. The van der Waals surface area contributed by atoms with E-state index in [1.54, 1.807) is 28.2 Å². The van der Waals surface area contributed by atoms with Gasteiger partial charge in [0.25, 0.3) is 5.56 Å². The second-order valence-electron chi connectivity index (χ2n) is 7.12. The van der Waals surface area contributed by atoms with Gasteiger partial charge < -0.3 is 9.73 Å². The maximum atomic E-state index is 13.1. The second kappa shape index (κ2) is 8.13. The van der Waals surface area contributed by atoms with Gasteiger partial charge in [-0.2, -0.15) is 0 Å². The molecule has 148 valence electrons. The smallest absolute Gasteiger partial charge is 0.263 e. The Morgan fingerprint density at radius 2 is 2.36 bits per heavy atom. The highest BCUT2D eigenvalue weighted by atomic mass is 32.2. The Labute approximate surface area is 171 Å². The molecule has 3 heterocycles. The first-order chi connectivity index (χ1) is 13.6. The van der Waals surface area contributed by atoms with Gasteiger partial charge in [0.15, 0.2) is 5.16 Å². The van der Waals surface area contributed by atoms with E-state index in [9.17, 15) is 9.59 Å². The molecule has 1 aliphatic rings. The molecule has 1 N–H and O–H groups in total. The minimum atomic E-state index is -0.113. The number of hydrogen-bond donors (Lipinski definition) is 1. The third kappa shape index (κ3) is 3.75. The molecule has 8 heteroatoms. The van der Waals surface area contributed by atoms with Crippen molar-refractivity contribution in [2.75, 3.05) is 5.75 Å². The Bertz CT molecular complexity index is 1050. The lowest BCUT2D eigenvalue weighted by atomic mass is 9.89. The van der Waals surface area contributed by atoms with Crippen molar-refractivity contribution in [1.29, 1.82) is 0 Å². The first-order valence-corrected chi connectivity index (χ1v) is 11.3. The van der Waals surface area contributed by atoms with Crippen LogP contribution < -0.4 is 10.9 Å². The van der Waals surface area contributed by atoms with Gasteiger partial charge in [0.05, 0.1) is 23.9 Å². The fourth-order valence-corrected chi connectivity index (χ4v) is 5.89. The van der Waals surface area contributed by atoms with Crippen LogP contribution in [0.4, 0.5) is 0 Å². The lowest BCUT2D eigenvalue weighted by Gasteiger charge is -2.17. The summed E-state index contributed by atoms with van der Waals surface area (Å²) >= 11 is 2.95. The van der Waals surface area contributed by atoms with Crippen molar-refractivity contribution in [1.82, 2.24) is 14.9 Å². The number of carbonyl (C=O) groups excluding carboxylic acids is 1. The molecule has 28 heavy (non-hydrogen) atoms. The van der Waals surface area contributed by atoms with E-state index in [1.807, 2.05) is 13.0 Å². The zero-order valence-corrected chi connectivity index (χ0v) is 17.6. The molecule has 0 aromatic carbocycles. The van der Waals surface area contributed by atoms with Crippen LogP contribution in [0.5, 0.6) is 0 Å². The predicted molar refractivity (Wildman–Crippen MR) is 112 cm³/mol. The zero-order chi connectivity index (χ0) is 19.7. The molecule has 6 nitrogen and oxygen atoms in total. The standard InChI is InChI=1S/C20H23N3O3S2/c1-3-23-19(25)17-14-7-6-12(2)9-15(14)28-18(17)22-20(23)27-11-16(24)21-10-13-5-4-8-26-13/h4-5,8,12H,3,6-7,9-11H2,1-2H3,(H,21,24). The van der Waals surface area contributed by atoms with Crippen LogP contribution in [0.15, 0.2) is 32.8 Å². The third-order valence-corrected chi connectivity index (χ3v) is 7.19. The normalized spacial score (nSPS) is 16.3. The number of amides is 1. The summed E-state index contributed by atoms with van der Waals surface area (Å²) in [4.78, 5) is 32.2. The molecular formula is C20H23N3O3S2. The highest BCUT2D eigenvalue weighted by Gasteiger charge is 2.24. The average molecular weight is 418 g/mol. The van der Waals surface area contributed by atoms with Crippen LogP contribution in [0.25, 0.3) is 10.2 Å². The van der Waals surface area contributed by atoms with E-state index in [4.69, 9.17) is 9.40 Å². The number of aromatic nitrogens is 2. The largest absolute Gasteiger partial charge is 0.467 e. The number of hydrogen-bond acceptors (Lipinski definition) is 6. The molecular weight excluding hydrogens is 394 g/mol. The number of furan rings is 1. The highest BCUT2D eigenvalue weighted by molar-refractivity contribution is 7.99. The third-order valence-electron chi connectivity index (χ3n) is 5.07. The summed E-state index contributed by atoms with van der Waals surface area (Å²) in [6, 6.07) is 3.60. The van der Waals surface area contributed by atoms with Crippen molar-refractivity contribution >= 4 is 39.2 Å². The van der Waals surface area contributed by atoms with E-state index in [-0.39, 0.29) is 17.2 Å². The summed E-state index contributed by atoms with van der Waals surface area (Å²) < 4.78 is 6.91. The first-order valence-electron chi connectivity index (χ1n) is 9.53. The van der Waals surface area contributed by atoms with Crippen molar-refractivity contribution in [3.63, 3.8) is 0 Å². The molecule has 0 bridgehead atoms. The van der Waals surface area contributed by atoms with Crippen LogP contribution in [0.3, 0.4) is 0 Å². The predicted octanol–water partition coefficient (Wildman–Crippen LogP) is 3.60. The maximum Gasteiger partial charge on any atom is 0.263 e. The minimum absolute atomic E-state index is 0.0260. The Morgan fingerprint density at radius 1 is 1.50 bits per heavy atom. The van der Waals surface area contributed by atoms with Gasteiger partial charge in [0.2, 0.25) is 5.91 Å². The van der Waals surface area contributed by atoms with E-state index in [1.165, 1.54) is 22.2 Å². The quantitative estimate of drug-likeness (QED) is 0.490. The van der Waals surface area contributed by atoms with Crippen LogP contribution in [-0.2, 0) is 30.7 Å². The number of carbonyl (C=O) groups is 1. The molecule has 0 saturated carbocycles. The lowest BCUT2D eigenvalue weighted by molar-refractivity contribution is -0.118. The fraction of sp³-hybridized carbons (Fsp3) is 0.450. The van der Waals surface area contributed by atoms with Crippen molar-refractivity contribution < 1.29 is 9.21 Å². The van der Waals surface area contributed by atoms with Crippen LogP contribution in [0.2, 0.25) is 0 Å². The van der Waals surface area contributed by atoms with Crippen LogP contribution >= 0.6 is 23.1 Å². The summed E-state index contributed by atoms with van der Waals surface area (Å²) in [6.07, 6.45) is 4.69. The van der Waals surface area contributed by atoms with E-state index in [0.29, 0.717) is 29.9 Å². The van der Waals surface area contributed by atoms with Gasteiger partial charge in [-0.1, -0.05) is 18.7 Å².